The number of fused-ring (bicyclic) bond motifs is 3. The number of piperazine rings is 1. The molecule has 2 aromatic heterocycles. The Morgan fingerprint density at radius 3 is 2.53 bits per heavy atom. The summed E-state index contributed by atoms with van der Waals surface area (Å²) in [6.45, 7) is 6.52. The highest BCUT2D eigenvalue weighted by Crippen LogP contribution is 2.27. The number of hydrogen-bond acceptors (Lipinski definition) is 5. The van der Waals surface area contributed by atoms with Crippen LogP contribution in [0.4, 0.5) is 5.95 Å². The van der Waals surface area contributed by atoms with Crippen LogP contribution in [0.25, 0.3) is 16.6 Å². The maximum Gasteiger partial charge on any atom is 0.254 e. The van der Waals surface area contributed by atoms with Crippen LogP contribution < -0.4 is 4.90 Å². The number of carbonyl (C=O) groups excluding carboxylic acids is 1. The van der Waals surface area contributed by atoms with Crippen LogP contribution in [-0.2, 0) is 0 Å². The van der Waals surface area contributed by atoms with E-state index < -0.39 is 0 Å². The van der Waals surface area contributed by atoms with E-state index in [1.165, 1.54) is 0 Å². The number of carbonyl (C=O) groups is 1. The molecule has 0 aliphatic carbocycles. The number of aromatic nitrogens is 4. The van der Waals surface area contributed by atoms with Crippen molar-refractivity contribution in [2.45, 2.75) is 13.8 Å². The highest BCUT2D eigenvalue weighted by Gasteiger charge is 2.26. The summed E-state index contributed by atoms with van der Waals surface area (Å²) in [5, 5.41) is 10.2. The minimum absolute atomic E-state index is 0.0802. The number of anilines is 1. The van der Waals surface area contributed by atoms with Crippen molar-refractivity contribution in [1.82, 2.24) is 24.5 Å². The second-order valence-corrected chi connectivity index (χ2v) is 8.01. The number of aryl methyl sites for hydroxylation is 2. The lowest BCUT2D eigenvalue weighted by Gasteiger charge is -2.35. The molecule has 1 aliphatic rings. The van der Waals surface area contributed by atoms with Gasteiger partial charge in [0, 0.05) is 42.2 Å². The Hall–Kier alpha value is -3.19. The number of nitrogens with zero attached hydrogens (tertiary/aromatic N) is 6. The van der Waals surface area contributed by atoms with Gasteiger partial charge >= 0.3 is 0 Å². The fourth-order valence-electron chi connectivity index (χ4n) is 4.03. The maximum atomic E-state index is 13.0. The highest BCUT2D eigenvalue weighted by molar-refractivity contribution is 6.31. The number of amides is 1. The van der Waals surface area contributed by atoms with Gasteiger partial charge in [0.2, 0.25) is 5.95 Å². The van der Waals surface area contributed by atoms with Gasteiger partial charge in [-0.2, -0.15) is 0 Å². The number of hydrogen-bond donors (Lipinski definition) is 0. The van der Waals surface area contributed by atoms with E-state index in [4.69, 9.17) is 16.6 Å². The minimum atomic E-state index is 0.0802. The van der Waals surface area contributed by atoms with Gasteiger partial charge in [-0.3, -0.25) is 4.79 Å². The van der Waals surface area contributed by atoms with Crippen molar-refractivity contribution in [2.75, 3.05) is 31.1 Å². The van der Waals surface area contributed by atoms with Gasteiger partial charge in [-0.05, 0) is 43.7 Å². The largest absolute Gasteiger partial charge is 0.338 e. The van der Waals surface area contributed by atoms with E-state index in [0.29, 0.717) is 31.2 Å². The minimum Gasteiger partial charge on any atom is -0.338 e. The van der Waals surface area contributed by atoms with Gasteiger partial charge in [-0.25, -0.2) is 9.38 Å². The van der Waals surface area contributed by atoms with Gasteiger partial charge in [0.05, 0.1) is 5.52 Å². The molecule has 1 aliphatic heterocycles. The number of halogens is 1. The van der Waals surface area contributed by atoms with Crippen LogP contribution in [0.3, 0.4) is 0 Å². The first-order valence-corrected chi connectivity index (χ1v) is 10.3. The van der Waals surface area contributed by atoms with E-state index in [2.05, 4.69) is 15.1 Å². The fraction of sp³-hybridized carbons (Fsp3) is 0.273. The zero-order chi connectivity index (χ0) is 20.8. The first-order chi connectivity index (χ1) is 14.5. The van der Waals surface area contributed by atoms with Crippen molar-refractivity contribution in [1.29, 1.82) is 0 Å². The van der Waals surface area contributed by atoms with E-state index in [9.17, 15) is 4.79 Å². The molecule has 30 heavy (non-hydrogen) atoms. The third kappa shape index (κ3) is 3.06. The van der Waals surface area contributed by atoms with E-state index in [1.54, 1.807) is 0 Å². The van der Waals surface area contributed by atoms with Gasteiger partial charge < -0.3 is 9.80 Å². The van der Waals surface area contributed by atoms with E-state index in [-0.39, 0.29) is 5.91 Å². The van der Waals surface area contributed by atoms with Gasteiger partial charge in [0.25, 0.3) is 5.91 Å². The average Bonchev–Trinajstić information content (AvgIpc) is 3.15. The molecule has 0 atom stereocenters. The molecule has 8 heteroatoms. The first-order valence-electron chi connectivity index (χ1n) is 9.94. The molecule has 0 radical (unpaired) electrons. The number of benzene rings is 2. The molecule has 0 bridgehead atoms. The van der Waals surface area contributed by atoms with Crippen molar-refractivity contribution in [3.05, 3.63) is 64.4 Å². The van der Waals surface area contributed by atoms with Crippen molar-refractivity contribution >= 4 is 40.0 Å². The summed E-state index contributed by atoms with van der Waals surface area (Å²) >= 11 is 6.20. The summed E-state index contributed by atoms with van der Waals surface area (Å²) in [5.74, 6) is 1.64. The van der Waals surface area contributed by atoms with Gasteiger partial charge in [-0.1, -0.05) is 29.8 Å². The Bertz CT molecular complexity index is 1280. The van der Waals surface area contributed by atoms with Crippen LogP contribution in [0.5, 0.6) is 0 Å². The SMILES string of the molecule is Cc1ccccc1C(=O)N1CCN(c2nc3cc(Cl)ccc3c3nnc(C)n23)CC1. The van der Waals surface area contributed by atoms with Crippen molar-refractivity contribution < 1.29 is 4.79 Å². The van der Waals surface area contributed by atoms with Crippen molar-refractivity contribution in [3.8, 4) is 0 Å². The Morgan fingerprint density at radius 2 is 1.77 bits per heavy atom. The predicted molar refractivity (Wildman–Crippen MR) is 117 cm³/mol. The van der Waals surface area contributed by atoms with Gasteiger partial charge in [0.1, 0.15) is 5.82 Å². The summed E-state index contributed by atoms with van der Waals surface area (Å²) in [5.41, 5.74) is 3.32. The molecule has 0 unspecified atom stereocenters. The predicted octanol–water partition coefficient (Wildman–Crippen LogP) is 3.51. The zero-order valence-corrected chi connectivity index (χ0v) is 17.6. The second kappa shape index (κ2) is 7.25. The summed E-state index contributed by atoms with van der Waals surface area (Å²) in [4.78, 5) is 21.9. The normalized spacial score (nSPS) is 14.6. The Labute approximate surface area is 178 Å². The van der Waals surface area contributed by atoms with Crippen LogP contribution in [0.15, 0.2) is 42.5 Å². The summed E-state index contributed by atoms with van der Waals surface area (Å²) in [6, 6.07) is 13.3. The highest BCUT2D eigenvalue weighted by atomic mass is 35.5. The van der Waals surface area contributed by atoms with Crippen LogP contribution in [0.2, 0.25) is 5.02 Å². The summed E-state index contributed by atoms with van der Waals surface area (Å²) < 4.78 is 1.98. The summed E-state index contributed by atoms with van der Waals surface area (Å²) in [6.07, 6.45) is 0. The molecule has 1 saturated heterocycles. The molecule has 2 aromatic carbocycles. The molecule has 1 amide bonds. The van der Waals surface area contributed by atoms with Gasteiger partial charge in [-0.15, -0.1) is 10.2 Å². The van der Waals surface area contributed by atoms with Crippen LogP contribution in [0.1, 0.15) is 21.7 Å². The number of rotatable bonds is 2. The molecule has 4 aromatic rings. The molecule has 3 heterocycles. The van der Waals surface area contributed by atoms with Gasteiger partial charge in [0.15, 0.2) is 5.65 Å². The smallest absolute Gasteiger partial charge is 0.254 e. The van der Waals surface area contributed by atoms with Crippen molar-refractivity contribution in [2.24, 2.45) is 0 Å². The molecule has 152 valence electrons. The lowest BCUT2D eigenvalue weighted by molar-refractivity contribution is 0.0745. The standard InChI is InChI=1S/C22H21ClN6O/c1-14-5-3-4-6-17(14)21(30)27-9-11-28(12-10-27)22-24-19-13-16(23)7-8-18(19)20-26-25-15(2)29(20)22/h3-8,13H,9-12H2,1-2H3. The maximum absolute atomic E-state index is 13.0. The lowest BCUT2D eigenvalue weighted by Crippen LogP contribution is -2.49. The molecule has 0 N–H and O–H groups in total. The Kier molecular flexibility index (Phi) is 4.55. The Balaban J connectivity index is 1.46. The average molecular weight is 421 g/mol. The third-order valence-corrected chi connectivity index (χ3v) is 5.91. The monoisotopic (exact) mass is 420 g/mol. The molecular formula is C22H21ClN6O. The Morgan fingerprint density at radius 1 is 1.00 bits per heavy atom. The van der Waals surface area contributed by atoms with E-state index in [1.807, 2.05) is 65.6 Å². The molecule has 0 saturated carbocycles. The quantitative estimate of drug-likeness (QED) is 0.496. The topological polar surface area (TPSA) is 66.6 Å². The summed E-state index contributed by atoms with van der Waals surface area (Å²) in [7, 11) is 0. The molecule has 1 fully saturated rings. The molecule has 0 spiro atoms. The second-order valence-electron chi connectivity index (χ2n) is 7.57. The molecular weight excluding hydrogens is 400 g/mol. The van der Waals surface area contributed by atoms with Crippen LogP contribution in [-0.4, -0.2) is 56.6 Å². The van der Waals surface area contributed by atoms with E-state index in [0.717, 1.165) is 39.4 Å². The van der Waals surface area contributed by atoms with Crippen LogP contribution >= 0.6 is 11.6 Å². The van der Waals surface area contributed by atoms with Crippen molar-refractivity contribution in [3.63, 3.8) is 0 Å². The third-order valence-electron chi connectivity index (χ3n) is 5.67. The molecule has 7 nitrogen and oxygen atoms in total. The zero-order valence-electron chi connectivity index (χ0n) is 16.8. The first kappa shape index (κ1) is 18.8. The lowest BCUT2D eigenvalue weighted by atomic mass is 10.1. The molecule has 5 rings (SSSR count). The fourth-order valence-corrected chi connectivity index (χ4v) is 4.19. The van der Waals surface area contributed by atoms with E-state index >= 15 is 0 Å². The van der Waals surface area contributed by atoms with Crippen LogP contribution in [0, 0.1) is 13.8 Å².